The Kier molecular flexibility index (Phi) is 6.23. The summed E-state index contributed by atoms with van der Waals surface area (Å²) in [5.74, 6) is 2.05. The van der Waals surface area contributed by atoms with Crippen LogP contribution in [0.1, 0.15) is 113 Å². The van der Waals surface area contributed by atoms with E-state index in [9.17, 15) is 14.7 Å². The van der Waals surface area contributed by atoms with Crippen LogP contribution in [0.2, 0.25) is 0 Å². The van der Waals surface area contributed by atoms with Crippen molar-refractivity contribution in [3.8, 4) is 0 Å². The highest BCUT2D eigenvalue weighted by molar-refractivity contribution is 5.85. The molecule has 186 valence electrons. The van der Waals surface area contributed by atoms with Crippen molar-refractivity contribution in [1.29, 1.82) is 0 Å². The highest BCUT2D eigenvalue weighted by Crippen LogP contribution is 2.73. The lowest BCUT2D eigenvalue weighted by Gasteiger charge is -2.63. The minimum Gasteiger partial charge on any atom is -0.481 e. The first kappa shape index (κ1) is 25.0. The SMILES string of the molecule is CC(CCCC(C)C1CCC2(C)C3=CCC4C(C)(C)C(=O)CCC4(C)C3CCC12C)C(=O)O. The van der Waals surface area contributed by atoms with Crippen molar-refractivity contribution < 1.29 is 14.7 Å². The predicted molar refractivity (Wildman–Crippen MR) is 134 cm³/mol. The molecule has 8 unspecified atom stereocenters. The van der Waals surface area contributed by atoms with Crippen LogP contribution in [0.4, 0.5) is 0 Å². The highest BCUT2D eigenvalue weighted by atomic mass is 16.4. The maximum atomic E-state index is 12.8. The lowest BCUT2D eigenvalue weighted by atomic mass is 9.41. The molecule has 0 aromatic carbocycles. The van der Waals surface area contributed by atoms with Gasteiger partial charge in [0.1, 0.15) is 5.78 Å². The first-order valence-corrected chi connectivity index (χ1v) is 13.8. The molecule has 33 heavy (non-hydrogen) atoms. The number of fused-ring (bicyclic) bond motifs is 5. The van der Waals surface area contributed by atoms with Crippen LogP contribution < -0.4 is 0 Å². The lowest BCUT2D eigenvalue weighted by molar-refractivity contribution is -0.146. The molecule has 0 amide bonds. The Morgan fingerprint density at radius 2 is 1.76 bits per heavy atom. The second kappa shape index (κ2) is 8.23. The maximum Gasteiger partial charge on any atom is 0.306 e. The van der Waals surface area contributed by atoms with Gasteiger partial charge >= 0.3 is 5.97 Å². The zero-order valence-electron chi connectivity index (χ0n) is 22.3. The third-order valence-electron chi connectivity index (χ3n) is 12.1. The van der Waals surface area contributed by atoms with Gasteiger partial charge in [-0.2, -0.15) is 0 Å². The minimum atomic E-state index is -0.662. The van der Waals surface area contributed by atoms with Crippen LogP contribution in [0.5, 0.6) is 0 Å². The molecule has 0 aromatic rings. The van der Waals surface area contributed by atoms with Crippen LogP contribution in [-0.2, 0) is 9.59 Å². The fraction of sp³-hybridized carbons (Fsp3) is 0.867. The van der Waals surface area contributed by atoms with E-state index in [2.05, 4.69) is 47.6 Å². The average molecular weight is 457 g/mol. The van der Waals surface area contributed by atoms with Crippen LogP contribution in [0.15, 0.2) is 11.6 Å². The van der Waals surface area contributed by atoms with E-state index in [-0.39, 0.29) is 22.2 Å². The number of carbonyl (C=O) groups is 2. The highest BCUT2D eigenvalue weighted by Gasteiger charge is 2.65. The van der Waals surface area contributed by atoms with Gasteiger partial charge < -0.3 is 5.11 Å². The normalized spacial score (nSPS) is 43.7. The van der Waals surface area contributed by atoms with E-state index < -0.39 is 5.97 Å². The van der Waals surface area contributed by atoms with E-state index in [0.717, 1.165) is 44.4 Å². The zero-order valence-corrected chi connectivity index (χ0v) is 22.3. The number of Topliss-reactive ketones (excluding diaryl/α,β-unsaturated/α-hetero) is 1. The Balaban J connectivity index is 1.56. The van der Waals surface area contributed by atoms with Gasteiger partial charge in [0.15, 0.2) is 0 Å². The molecule has 0 saturated heterocycles. The third kappa shape index (κ3) is 3.57. The molecule has 4 aliphatic carbocycles. The van der Waals surface area contributed by atoms with Crippen LogP contribution >= 0.6 is 0 Å². The van der Waals surface area contributed by atoms with E-state index in [1.54, 1.807) is 5.57 Å². The van der Waals surface area contributed by atoms with E-state index in [1.807, 2.05) is 6.92 Å². The van der Waals surface area contributed by atoms with Crippen LogP contribution in [0.3, 0.4) is 0 Å². The number of aliphatic carboxylic acids is 1. The quantitative estimate of drug-likeness (QED) is 0.417. The van der Waals surface area contributed by atoms with Gasteiger partial charge in [0.25, 0.3) is 0 Å². The van der Waals surface area contributed by atoms with Gasteiger partial charge in [0.05, 0.1) is 5.92 Å². The molecule has 3 saturated carbocycles. The number of allylic oxidation sites excluding steroid dienone is 2. The van der Waals surface area contributed by atoms with Crippen molar-refractivity contribution in [2.45, 2.75) is 113 Å². The van der Waals surface area contributed by atoms with Gasteiger partial charge in [-0.05, 0) is 84.9 Å². The van der Waals surface area contributed by atoms with Crippen molar-refractivity contribution >= 4 is 11.8 Å². The van der Waals surface area contributed by atoms with Gasteiger partial charge in [0.2, 0.25) is 0 Å². The number of rotatable bonds is 6. The van der Waals surface area contributed by atoms with Crippen molar-refractivity contribution in [3.63, 3.8) is 0 Å². The summed E-state index contributed by atoms with van der Waals surface area (Å²) < 4.78 is 0. The Bertz CT molecular complexity index is 839. The van der Waals surface area contributed by atoms with Crippen LogP contribution in [0.25, 0.3) is 0 Å². The first-order valence-electron chi connectivity index (χ1n) is 13.8. The largest absolute Gasteiger partial charge is 0.481 e. The minimum absolute atomic E-state index is 0.198. The monoisotopic (exact) mass is 456 g/mol. The summed E-state index contributed by atoms with van der Waals surface area (Å²) in [5.41, 5.74) is 2.40. The van der Waals surface area contributed by atoms with Crippen molar-refractivity contribution in [2.75, 3.05) is 0 Å². The molecule has 1 N–H and O–H groups in total. The van der Waals surface area contributed by atoms with E-state index in [1.165, 1.54) is 25.7 Å². The fourth-order valence-electron chi connectivity index (χ4n) is 9.54. The van der Waals surface area contributed by atoms with Gasteiger partial charge in [-0.1, -0.05) is 73.0 Å². The second-order valence-corrected chi connectivity index (χ2v) is 13.7. The molecule has 8 atom stereocenters. The molecule has 0 spiro atoms. The molecule has 3 heteroatoms. The van der Waals surface area contributed by atoms with Gasteiger partial charge in [0, 0.05) is 11.8 Å². The molecule has 4 aliphatic rings. The molecular formula is C30H48O3. The third-order valence-corrected chi connectivity index (χ3v) is 12.1. The summed E-state index contributed by atoms with van der Waals surface area (Å²) in [7, 11) is 0. The Morgan fingerprint density at radius 1 is 1.06 bits per heavy atom. The van der Waals surface area contributed by atoms with Crippen LogP contribution in [-0.4, -0.2) is 16.9 Å². The van der Waals surface area contributed by atoms with Crippen molar-refractivity contribution in [2.24, 2.45) is 51.2 Å². The molecule has 0 radical (unpaired) electrons. The van der Waals surface area contributed by atoms with Gasteiger partial charge in [-0.15, -0.1) is 0 Å². The molecule has 4 rings (SSSR count). The molecule has 3 fully saturated rings. The second-order valence-electron chi connectivity index (χ2n) is 13.7. The Labute approximate surface area is 202 Å². The smallest absolute Gasteiger partial charge is 0.306 e. The summed E-state index contributed by atoms with van der Waals surface area (Å²) in [4.78, 5) is 24.0. The Hall–Kier alpha value is -1.12. The zero-order chi connectivity index (χ0) is 24.4. The molecular weight excluding hydrogens is 408 g/mol. The number of hydrogen-bond acceptors (Lipinski definition) is 2. The van der Waals surface area contributed by atoms with Crippen molar-refractivity contribution in [3.05, 3.63) is 11.6 Å². The number of carboxylic acids is 1. The predicted octanol–water partition coefficient (Wildman–Crippen LogP) is 7.69. The first-order chi connectivity index (χ1) is 15.3. The fourth-order valence-corrected chi connectivity index (χ4v) is 9.54. The van der Waals surface area contributed by atoms with E-state index in [4.69, 9.17) is 0 Å². The molecule has 0 aliphatic heterocycles. The lowest BCUT2D eigenvalue weighted by Crippen LogP contribution is -2.57. The summed E-state index contributed by atoms with van der Waals surface area (Å²) in [6, 6.07) is 0. The number of carboxylic acid groups (broad SMARTS) is 1. The van der Waals surface area contributed by atoms with Crippen molar-refractivity contribution in [1.82, 2.24) is 0 Å². The standard InChI is InChI=1S/C30H48O3/c1-19(9-8-10-20(2)26(32)33)21-13-17-30(7)23-11-12-24-27(3,4)25(31)15-16-28(24,5)22(23)14-18-29(21,30)6/h11,19-22,24H,8-10,12-18H2,1-7H3,(H,32,33). The summed E-state index contributed by atoms with van der Waals surface area (Å²) in [5, 5.41) is 9.22. The summed E-state index contributed by atoms with van der Waals surface area (Å²) in [6.45, 7) is 16.4. The number of ketones is 1. The van der Waals surface area contributed by atoms with Gasteiger partial charge in [-0.3, -0.25) is 9.59 Å². The topological polar surface area (TPSA) is 54.4 Å². The van der Waals surface area contributed by atoms with Gasteiger partial charge in [-0.25, -0.2) is 0 Å². The maximum absolute atomic E-state index is 12.8. The van der Waals surface area contributed by atoms with E-state index in [0.29, 0.717) is 29.0 Å². The number of carbonyl (C=O) groups excluding carboxylic acids is 1. The molecule has 0 bridgehead atoms. The molecule has 0 aromatic heterocycles. The Morgan fingerprint density at radius 3 is 2.42 bits per heavy atom. The van der Waals surface area contributed by atoms with E-state index >= 15 is 0 Å². The van der Waals surface area contributed by atoms with Crippen LogP contribution in [0, 0.1) is 51.2 Å². The average Bonchev–Trinajstić information content (AvgIpc) is 3.02. The summed E-state index contributed by atoms with van der Waals surface area (Å²) >= 11 is 0. The molecule has 0 heterocycles. The molecule has 3 nitrogen and oxygen atoms in total. The number of hydrogen-bond donors (Lipinski definition) is 1. The summed E-state index contributed by atoms with van der Waals surface area (Å²) in [6.07, 6.45) is 13.6.